The molecule has 8 heteroatoms. The van der Waals surface area contributed by atoms with Gasteiger partial charge in [0.25, 0.3) is 0 Å². The summed E-state index contributed by atoms with van der Waals surface area (Å²) < 4.78 is 11.3. The van der Waals surface area contributed by atoms with Crippen LogP contribution < -0.4 is 9.64 Å². The Morgan fingerprint density at radius 3 is 2.38 bits per heavy atom. The molecular weight excluding hydrogens is 456 g/mol. The normalized spacial score (nSPS) is 12.0. The first kappa shape index (κ1) is 25.2. The molecule has 3 aromatic rings. The number of aliphatic hydroxyl groups excluding tert-OH is 1. The quantitative estimate of drug-likeness (QED) is 0.428. The molecule has 0 radical (unpaired) electrons. The van der Waals surface area contributed by atoms with Gasteiger partial charge in [0.05, 0.1) is 12.2 Å². The summed E-state index contributed by atoms with van der Waals surface area (Å²) in [6.45, 7) is 5.67. The number of hydrogen-bond donors (Lipinski definition) is 1. The van der Waals surface area contributed by atoms with E-state index < -0.39 is 23.6 Å². The third-order valence-corrected chi connectivity index (χ3v) is 4.91. The van der Waals surface area contributed by atoms with Gasteiger partial charge >= 0.3 is 6.09 Å². The Bertz CT molecular complexity index is 1120. The summed E-state index contributed by atoms with van der Waals surface area (Å²) in [5.41, 5.74) is 0.656. The molecule has 1 heterocycles. The lowest BCUT2D eigenvalue weighted by atomic mass is 10.00. The van der Waals surface area contributed by atoms with Gasteiger partial charge in [-0.2, -0.15) is 0 Å². The zero-order valence-electron chi connectivity index (χ0n) is 19.3. The highest BCUT2D eigenvalue weighted by atomic mass is 35.5. The van der Waals surface area contributed by atoms with Crippen LogP contribution in [0.1, 0.15) is 42.8 Å². The number of carbonyl (C=O) groups excluding carboxylic acids is 2. The minimum absolute atomic E-state index is 0.108. The summed E-state index contributed by atoms with van der Waals surface area (Å²) in [6.07, 6.45) is 1.33. The van der Waals surface area contributed by atoms with E-state index >= 15 is 0 Å². The second kappa shape index (κ2) is 11.1. The number of carbonyl (C=O) groups is 2. The van der Waals surface area contributed by atoms with Gasteiger partial charge in [-0.15, -0.1) is 0 Å². The molecule has 3 rings (SSSR count). The lowest BCUT2D eigenvalue weighted by molar-refractivity contribution is 0.0575. The maximum atomic E-state index is 12.8. The van der Waals surface area contributed by atoms with E-state index in [1.54, 1.807) is 81.7 Å². The lowest BCUT2D eigenvalue weighted by Crippen LogP contribution is -2.39. The fourth-order valence-corrected chi connectivity index (χ4v) is 3.38. The number of ether oxygens (including phenoxy) is 2. The molecule has 1 atom stereocenters. The largest absolute Gasteiger partial charge is 0.492 e. The predicted octanol–water partition coefficient (Wildman–Crippen LogP) is 5.47. The van der Waals surface area contributed by atoms with E-state index in [1.165, 1.54) is 17.0 Å². The van der Waals surface area contributed by atoms with Crippen LogP contribution in [0, 0.1) is 0 Å². The van der Waals surface area contributed by atoms with Gasteiger partial charge in [0.2, 0.25) is 0 Å². The molecule has 0 bridgehead atoms. The molecule has 0 aliphatic carbocycles. The van der Waals surface area contributed by atoms with Crippen molar-refractivity contribution in [1.82, 2.24) is 4.98 Å². The van der Waals surface area contributed by atoms with Gasteiger partial charge in [-0.3, -0.25) is 14.7 Å². The molecule has 1 aromatic heterocycles. The molecule has 0 saturated heterocycles. The van der Waals surface area contributed by atoms with E-state index in [-0.39, 0.29) is 18.7 Å². The van der Waals surface area contributed by atoms with Crippen LogP contribution in [0.2, 0.25) is 5.02 Å². The van der Waals surface area contributed by atoms with Gasteiger partial charge in [0.15, 0.2) is 5.78 Å². The van der Waals surface area contributed by atoms with Crippen LogP contribution >= 0.6 is 11.6 Å². The number of pyridine rings is 1. The number of hydrogen-bond acceptors (Lipinski definition) is 6. The molecule has 34 heavy (non-hydrogen) atoms. The SMILES string of the molecule is CC(C)(C)OC(=O)N(CCOc1cc(Cl)cc(C(=O)C(O)c2ccccc2)c1)c1ccncc1. The Morgan fingerprint density at radius 2 is 1.74 bits per heavy atom. The number of aliphatic hydroxyl groups is 1. The molecule has 178 valence electrons. The topological polar surface area (TPSA) is 89.0 Å². The van der Waals surface area contributed by atoms with Gasteiger partial charge in [0, 0.05) is 23.0 Å². The number of halogens is 1. The van der Waals surface area contributed by atoms with Crippen LogP contribution in [0.4, 0.5) is 10.5 Å². The first-order valence-corrected chi connectivity index (χ1v) is 11.1. The lowest BCUT2D eigenvalue weighted by Gasteiger charge is -2.27. The standard InChI is InChI=1S/C26H27ClN2O5/c1-26(2,3)34-25(32)29(21-9-11-28-12-10-21)13-14-33-22-16-19(15-20(27)17-22)24(31)23(30)18-7-5-4-6-8-18/h4-12,15-17,23,30H,13-14H2,1-3H3. The Hall–Kier alpha value is -3.42. The Morgan fingerprint density at radius 1 is 1.06 bits per heavy atom. The van der Waals surface area contributed by atoms with E-state index in [2.05, 4.69) is 4.98 Å². The number of rotatable bonds is 8. The minimum Gasteiger partial charge on any atom is -0.492 e. The molecule has 7 nitrogen and oxygen atoms in total. The summed E-state index contributed by atoms with van der Waals surface area (Å²) in [4.78, 5) is 31.0. The molecule has 0 saturated carbocycles. The van der Waals surface area contributed by atoms with Gasteiger partial charge in [-0.25, -0.2) is 4.79 Å². The summed E-state index contributed by atoms with van der Waals surface area (Å²) >= 11 is 6.20. The van der Waals surface area contributed by atoms with Crippen molar-refractivity contribution < 1.29 is 24.2 Å². The zero-order valence-corrected chi connectivity index (χ0v) is 20.0. The van der Waals surface area contributed by atoms with Crippen LogP contribution in [0.5, 0.6) is 5.75 Å². The molecule has 1 unspecified atom stereocenters. The van der Waals surface area contributed by atoms with E-state index in [1.807, 2.05) is 0 Å². The second-order valence-electron chi connectivity index (χ2n) is 8.54. The molecule has 1 N–H and O–H groups in total. The number of anilines is 1. The predicted molar refractivity (Wildman–Crippen MR) is 130 cm³/mol. The highest BCUT2D eigenvalue weighted by molar-refractivity contribution is 6.31. The fraction of sp³-hybridized carbons (Fsp3) is 0.269. The number of amides is 1. The minimum atomic E-state index is -1.32. The fourth-order valence-electron chi connectivity index (χ4n) is 3.15. The summed E-state index contributed by atoms with van der Waals surface area (Å²) in [5, 5.41) is 10.7. The number of ketones is 1. The van der Waals surface area contributed by atoms with Crippen LogP contribution in [-0.4, -0.2) is 40.7 Å². The van der Waals surface area contributed by atoms with Crippen LogP contribution in [0.15, 0.2) is 73.1 Å². The van der Waals surface area contributed by atoms with Crippen LogP contribution in [0.3, 0.4) is 0 Å². The van der Waals surface area contributed by atoms with E-state index in [9.17, 15) is 14.7 Å². The Kier molecular flexibility index (Phi) is 8.26. The van der Waals surface area contributed by atoms with Crippen molar-refractivity contribution >= 4 is 29.2 Å². The van der Waals surface area contributed by atoms with E-state index in [0.29, 0.717) is 22.0 Å². The smallest absolute Gasteiger partial charge is 0.414 e. The number of nitrogens with zero attached hydrogens (tertiary/aromatic N) is 2. The average molecular weight is 483 g/mol. The van der Waals surface area contributed by atoms with Gasteiger partial charge < -0.3 is 14.6 Å². The number of Topliss-reactive ketones (excluding diaryl/α,β-unsaturated/α-hetero) is 1. The maximum absolute atomic E-state index is 12.8. The second-order valence-corrected chi connectivity index (χ2v) is 8.98. The first-order valence-electron chi connectivity index (χ1n) is 10.8. The average Bonchev–Trinajstić information content (AvgIpc) is 2.80. The molecular formula is C26H27ClN2O5. The number of benzene rings is 2. The van der Waals surface area contributed by atoms with Crippen molar-refractivity contribution in [3.05, 3.63) is 89.2 Å². The molecule has 1 amide bonds. The van der Waals surface area contributed by atoms with Crippen molar-refractivity contribution in [2.24, 2.45) is 0 Å². The molecule has 0 aliphatic rings. The van der Waals surface area contributed by atoms with Crippen LogP contribution in [-0.2, 0) is 4.74 Å². The van der Waals surface area contributed by atoms with Crippen molar-refractivity contribution in [2.75, 3.05) is 18.1 Å². The van der Waals surface area contributed by atoms with E-state index in [0.717, 1.165) is 0 Å². The van der Waals surface area contributed by atoms with Crippen molar-refractivity contribution in [3.8, 4) is 5.75 Å². The maximum Gasteiger partial charge on any atom is 0.414 e. The van der Waals surface area contributed by atoms with Gasteiger partial charge in [-0.05, 0) is 56.7 Å². The van der Waals surface area contributed by atoms with E-state index in [4.69, 9.17) is 21.1 Å². The highest BCUT2D eigenvalue weighted by Gasteiger charge is 2.24. The van der Waals surface area contributed by atoms with Crippen molar-refractivity contribution in [3.63, 3.8) is 0 Å². The zero-order chi connectivity index (χ0) is 24.7. The monoisotopic (exact) mass is 482 g/mol. The molecule has 2 aromatic carbocycles. The summed E-state index contributed by atoms with van der Waals surface area (Å²) in [7, 11) is 0. The molecule has 0 spiro atoms. The third kappa shape index (κ3) is 7.04. The van der Waals surface area contributed by atoms with Gasteiger partial charge in [-0.1, -0.05) is 41.9 Å². The van der Waals surface area contributed by atoms with Crippen molar-refractivity contribution in [2.45, 2.75) is 32.5 Å². The number of aromatic nitrogens is 1. The molecule has 0 aliphatic heterocycles. The van der Waals surface area contributed by atoms with Crippen molar-refractivity contribution in [1.29, 1.82) is 0 Å². The third-order valence-electron chi connectivity index (χ3n) is 4.69. The summed E-state index contributed by atoms with van der Waals surface area (Å²) in [6, 6.07) is 16.6. The van der Waals surface area contributed by atoms with Crippen LogP contribution in [0.25, 0.3) is 0 Å². The summed E-state index contributed by atoms with van der Waals surface area (Å²) in [5.74, 6) is -0.152. The molecule has 0 fully saturated rings. The first-order chi connectivity index (χ1) is 16.1. The van der Waals surface area contributed by atoms with Gasteiger partial charge in [0.1, 0.15) is 24.1 Å². The highest BCUT2D eigenvalue weighted by Crippen LogP contribution is 2.26. The Balaban J connectivity index is 1.72. The Labute approximate surface area is 203 Å².